The highest BCUT2D eigenvalue weighted by Gasteiger charge is 2.26. The van der Waals surface area contributed by atoms with Gasteiger partial charge in [-0.25, -0.2) is 0 Å². The van der Waals surface area contributed by atoms with Gasteiger partial charge in [-0.2, -0.15) is 5.10 Å². The van der Waals surface area contributed by atoms with Crippen LogP contribution in [0.1, 0.15) is 25.3 Å². The molecular weight excluding hydrogens is 267 g/mol. The summed E-state index contributed by atoms with van der Waals surface area (Å²) in [6.07, 6.45) is 6.70. The molecule has 0 radical (unpaired) electrons. The highest BCUT2D eigenvalue weighted by Crippen LogP contribution is 2.29. The van der Waals surface area contributed by atoms with Crippen LogP contribution in [-0.2, 0) is 0 Å². The first-order chi connectivity index (χ1) is 5.77. The second-order valence-corrected chi connectivity index (χ2v) is 4.45. The van der Waals surface area contributed by atoms with Gasteiger partial charge in [-0.3, -0.25) is 4.68 Å². The number of aliphatic hydroxyl groups excluding tert-OH is 1. The van der Waals surface area contributed by atoms with Crippen molar-refractivity contribution >= 4 is 22.6 Å². The first-order valence-corrected chi connectivity index (χ1v) is 5.23. The molecule has 1 saturated carbocycles. The average molecular weight is 278 g/mol. The summed E-state index contributed by atoms with van der Waals surface area (Å²) in [7, 11) is 0. The molecule has 0 unspecified atom stereocenters. The molecule has 12 heavy (non-hydrogen) atoms. The number of hydrogen-bond donors (Lipinski definition) is 1. The van der Waals surface area contributed by atoms with Crippen LogP contribution >= 0.6 is 22.6 Å². The van der Waals surface area contributed by atoms with Gasteiger partial charge in [-0.15, -0.1) is 0 Å². The summed E-state index contributed by atoms with van der Waals surface area (Å²) in [5, 5.41) is 13.8. The molecule has 1 N–H and O–H groups in total. The van der Waals surface area contributed by atoms with Crippen LogP contribution in [0, 0.1) is 3.57 Å². The first kappa shape index (κ1) is 8.50. The largest absolute Gasteiger partial charge is 0.391 e. The maximum Gasteiger partial charge on any atom is 0.0778 e. The molecule has 0 aliphatic heterocycles. The van der Waals surface area contributed by atoms with Gasteiger partial charge in [0.15, 0.2) is 0 Å². The summed E-state index contributed by atoms with van der Waals surface area (Å²) in [4.78, 5) is 0. The molecule has 1 aromatic rings. The fourth-order valence-corrected chi connectivity index (χ4v) is 2.14. The lowest BCUT2D eigenvalue weighted by atomic mass is 10.2. The minimum atomic E-state index is -0.194. The van der Waals surface area contributed by atoms with Gasteiger partial charge >= 0.3 is 0 Å². The standard InChI is InChI=1S/C8H11IN2O/c9-6-4-10-11(5-6)7-2-1-3-8(7)12/h4-5,7-8,12H,1-3H2/t7-,8-/m0/s1. The molecule has 4 heteroatoms. The van der Waals surface area contributed by atoms with Crippen molar-refractivity contribution in [3.63, 3.8) is 0 Å². The van der Waals surface area contributed by atoms with Gasteiger partial charge in [0, 0.05) is 6.20 Å². The number of rotatable bonds is 1. The van der Waals surface area contributed by atoms with Crippen molar-refractivity contribution in [2.45, 2.75) is 31.4 Å². The van der Waals surface area contributed by atoms with Gasteiger partial charge in [-0.05, 0) is 41.9 Å². The third-order valence-electron chi connectivity index (χ3n) is 2.35. The van der Waals surface area contributed by atoms with E-state index in [1.165, 1.54) is 0 Å². The Balaban J connectivity index is 2.19. The number of nitrogens with zero attached hydrogens (tertiary/aromatic N) is 2. The summed E-state index contributed by atoms with van der Waals surface area (Å²) in [5.74, 6) is 0. The minimum Gasteiger partial charge on any atom is -0.391 e. The quantitative estimate of drug-likeness (QED) is 0.792. The van der Waals surface area contributed by atoms with Gasteiger partial charge in [0.2, 0.25) is 0 Å². The summed E-state index contributed by atoms with van der Waals surface area (Å²) in [6.45, 7) is 0. The fourth-order valence-electron chi connectivity index (χ4n) is 1.73. The van der Waals surface area contributed by atoms with Crippen LogP contribution in [0.15, 0.2) is 12.4 Å². The summed E-state index contributed by atoms with van der Waals surface area (Å²) < 4.78 is 3.02. The van der Waals surface area contributed by atoms with E-state index in [-0.39, 0.29) is 12.1 Å². The molecule has 2 atom stereocenters. The molecule has 0 aromatic carbocycles. The van der Waals surface area contributed by atoms with Crippen LogP contribution in [0.2, 0.25) is 0 Å². The highest BCUT2D eigenvalue weighted by molar-refractivity contribution is 14.1. The summed E-state index contributed by atoms with van der Waals surface area (Å²) >= 11 is 2.23. The average Bonchev–Trinajstić information content (AvgIpc) is 2.58. The molecule has 1 aliphatic carbocycles. The second kappa shape index (κ2) is 3.33. The Morgan fingerprint density at radius 1 is 1.58 bits per heavy atom. The van der Waals surface area contributed by atoms with E-state index in [1.54, 1.807) is 0 Å². The maximum absolute atomic E-state index is 9.59. The Hall–Kier alpha value is -0.100. The predicted molar refractivity (Wildman–Crippen MR) is 53.8 cm³/mol. The van der Waals surface area contributed by atoms with Crippen molar-refractivity contribution < 1.29 is 5.11 Å². The Labute approximate surface area is 84.9 Å². The van der Waals surface area contributed by atoms with Gasteiger partial charge in [0.05, 0.1) is 21.9 Å². The molecule has 0 spiro atoms. The monoisotopic (exact) mass is 278 g/mol. The third kappa shape index (κ3) is 1.50. The number of hydrogen-bond acceptors (Lipinski definition) is 2. The van der Waals surface area contributed by atoms with Crippen molar-refractivity contribution in [3.05, 3.63) is 16.0 Å². The Bertz CT molecular complexity index is 274. The maximum atomic E-state index is 9.59. The van der Waals surface area contributed by atoms with E-state index in [0.717, 1.165) is 22.8 Å². The lowest BCUT2D eigenvalue weighted by Crippen LogP contribution is -2.18. The van der Waals surface area contributed by atoms with E-state index in [0.29, 0.717) is 0 Å². The molecule has 3 nitrogen and oxygen atoms in total. The van der Waals surface area contributed by atoms with Gasteiger partial charge in [0.1, 0.15) is 0 Å². The van der Waals surface area contributed by atoms with Crippen molar-refractivity contribution in [2.24, 2.45) is 0 Å². The first-order valence-electron chi connectivity index (χ1n) is 4.15. The van der Waals surface area contributed by atoms with Crippen molar-refractivity contribution in [1.29, 1.82) is 0 Å². The minimum absolute atomic E-state index is 0.194. The van der Waals surface area contributed by atoms with Crippen molar-refractivity contribution in [2.75, 3.05) is 0 Å². The van der Waals surface area contributed by atoms with Crippen LogP contribution in [0.25, 0.3) is 0 Å². The Morgan fingerprint density at radius 3 is 2.92 bits per heavy atom. The smallest absolute Gasteiger partial charge is 0.0778 e. The molecule has 1 aliphatic rings. The molecular formula is C8H11IN2O. The molecule has 1 aromatic heterocycles. The molecule has 0 bridgehead atoms. The summed E-state index contributed by atoms with van der Waals surface area (Å²) in [5.41, 5.74) is 0. The number of halogens is 1. The molecule has 0 amide bonds. The second-order valence-electron chi connectivity index (χ2n) is 3.20. The normalized spacial score (nSPS) is 29.5. The van der Waals surface area contributed by atoms with E-state index < -0.39 is 0 Å². The van der Waals surface area contributed by atoms with E-state index >= 15 is 0 Å². The fraction of sp³-hybridized carbons (Fsp3) is 0.625. The van der Waals surface area contributed by atoms with Crippen molar-refractivity contribution in [1.82, 2.24) is 9.78 Å². The van der Waals surface area contributed by atoms with Crippen molar-refractivity contribution in [3.8, 4) is 0 Å². The molecule has 1 fully saturated rings. The lowest BCUT2D eigenvalue weighted by molar-refractivity contribution is 0.130. The Kier molecular flexibility index (Phi) is 2.36. The van der Waals surface area contributed by atoms with E-state index in [4.69, 9.17) is 0 Å². The van der Waals surface area contributed by atoms with E-state index in [2.05, 4.69) is 27.7 Å². The van der Waals surface area contributed by atoms with Crippen LogP contribution < -0.4 is 0 Å². The zero-order chi connectivity index (χ0) is 8.55. The van der Waals surface area contributed by atoms with Crippen LogP contribution in [0.3, 0.4) is 0 Å². The van der Waals surface area contributed by atoms with E-state index in [9.17, 15) is 5.11 Å². The van der Waals surface area contributed by atoms with Crippen LogP contribution in [0.5, 0.6) is 0 Å². The van der Waals surface area contributed by atoms with Gasteiger partial charge in [-0.1, -0.05) is 0 Å². The molecule has 66 valence electrons. The Morgan fingerprint density at radius 2 is 2.42 bits per heavy atom. The molecule has 1 heterocycles. The molecule has 0 saturated heterocycles. The van der Waals surface area contributed by atoms with E-state index in [1.807, 2.05) is 17.1 Å². The number of aromatic nitrogens is 2. The summed E-state index contributed by atoms with van der Waals surface area (Å²) in [6, 6.07) is 0.216. The topological polar surface area (TPSA) is 38.0 Å². The highest BCUT2D eigenvalue weighted by atomic mass is 127. The third-order valence-corrected chi connectivity index (χ3v) is 2.91. The lowest BCUT2D eigenvalue weighted by Gasteiger charge is -2.14. The van der Waals surface area contributed by atoms with Gasteiger partial charge < -0.3 is 5.11 Å². The van der Waals surface area contributed by atoms with Crippen LogP contribution in [0.4, 0.5) is 0 Å². The molecule has 2 rings (SSSR count). The zero-order valence-corrected chi connectivity index (χ0v) is 8.81. The van der Waals surface area contributed by atoms with Gasteiger partial charge in [0.25, 0.3) is 0 Å². The zero-order valence-electron chi connectivity index (χ0n) is 6.65. The predicted octanol–water partition coefficient (Wildman–Crippen LogP) is 1.57. The van der Waals surface area contributed by atoms with Crippen LogP contribution in [-0.4, -0.2) is 21.0 Å². The SMILES string of the molecule is O[C@H]1CCC[C@@H]1n1cc(I)cn1. The number of aliphatic hydroxyl groups is 1.